The predicted molar refractivity (Wildman–Crippen MR) is 79.3 cm³/mol. The number of benzene rings is 1. The molecule has 113 valence electrons. The third kappa shape index (κ3) is 4.66. The molecule has 4 heteroatoms. The number of pyridine rings is 1. The third-order valence-corrected chi connectivity index (χ3v) is 3.52. The van der Waals surface area contributed by atoms with Crippen LogP contribution in [0.1, 0.15) is 16.8 Å². The molecule has 0 aliphatic rings. The van der Waals surface area contributed by atoms with E-state index in [2.05, 4.69) is 60.4 Å². The average molecular weight is 369 g/mol. The van der Waals surface area contributed by atoms with Crippen molar-refractivity contribution in [3.05, 3.63) is 83.7 Å². The van der Waals surface area contributed by atoms with E-state index in [1.807, 2.05) is 18.3 Å². The van der Waals surface area contributed by atoms with Gasteiger partial charge in [0.15, 0.2) is 0 Å². The first-order valence-corrected chi connectivity index (χ1v) is 6.55. The smallest absolute Gasteiger partial charge is 1.00 e. The summed E-state index contributed by atoms with van der Waals surface area (Å²) < 4.78 is 0. The van der Waals surface area contributed by atoms with Crippen LogP contribution in [0.5, 0.6) is 0 Å². The van der Waals surface area contributed by atoms with Gasteiger partial charge in [-0.15, -0.1) is 5.56 Å². The summed E-state index contributed by atoms with van der Waals surface area (Å²) in [6.07, 6.45) is 2.76. The molecule has 1 aromatic heterocycles. The molecule has 0 fully saturated rings. The van der Waals surface area contributed by atoms with Gasteiger partial charge in [0, 0.05) is 11.9 Å². The molecule has 22 heavy (non-hydrogen) atoms. The molecule has 0 amide bonds. The Kier molecular flexibility index (Phi) is 9.25. The Balaban J connectivity index is 0.00000147. The first-order chi connectivity index (χ1) is 9.34. The molecule has 0 aliphatic heterocycles. The van der Waals surface area contributed by atoms with Gasteiger partial charge in [0.05, 0.1) is 0 Å². The molecule has 0 aliphatic carbocycles. The fraction of sp³-hybridized carbons (Fsp3) is 0.111. The Morgan fingerprint density at radius 2 is 1.59 bits per heavy atom. The van der Waals surface area contributed by atoms with Crippen LogP contribution in [0.2, 0.25) is 0 Å². The first-order valence-electron chi connectivity index (χ1n) is 6.55. The van der Waals surface area contributed by atoms with E-state index in [4.69, 9.17) is 0 Å². The summed E-state index contributed by atoms with van der Waals surface area (Å²) in [6, 6.07) is 21.0. The molecule has 1 nitrogen and oxygen atoms in total. The standard InChI is InChI=1S/C18H16N.2ClH.Cr/c1-14-16(13-17-9-5-6-12-19-17)10-11-18(14)15-7-3-2-4-8-15;;;/h2-12H,13H2,1H3;2*1H;/q-1;;;+3/p-2. The molecule has 1 heterocycles. The topological polar surface area (TPSA) is 12.9 Å². The van der Waals surface area contributed by atoms with Gasteiger partial charge in [0.1, 0.15) is 0 Å². The molecule has 0 saturated heterocycles. The van der Waals surface area contributed by atoms with Crippen LogP contribution in [0.4, 0.5) is 0 Å². The van der Waals surface area contributed by atoms with Crippen LogP contribution in [-0.2, 0) is 23.8 Å². The second-order valence-electron chi connectivity index (χ2n) is 4.76. The van der Waals surface area contributed by atoms with Gasteiger partial charge in [0.25, 0.3) is 0 Å². The van der Waals surface area contributed by atoms with E-state index in [1.165, 1.54) is 22.3 Å². The average Bonchev–Trinajstić information content (AvgIpc) is 2.82. The molecule has 0 spiro atoms. The zero-order chi connectivity index (χ0) is 13.1. The van der Waals surface area contributed by atoms with Crippen molar-refractivity contribution in [2.75, 3.05) is 0 Å². The number of halogens is 2. The van der Waals surface area contributed by atoms with E-state index < -0.39 is 0 Å². The van der Waals surface area contributed by atoms with Crippen LogP contribution in [-0.4, -0.2) is 4.98 Å². The SMILES string of the molecule is Cc1c(-c2ccccc2)cc[c-]1Cc1ccccn1.[Cl-].[Cl-].[Cr+3]. The molecular weight excluding hydrogens is 353 g/mol. The van der Waals surface area contributed by atoms with Crippen molar-refractivity contribution in [1.82, 2.24) is 4.98 Å². The third-order valence-electron chi connectivity index (χ3n) is 3.52. The zero-order valence-electron chi connectivity index (χ0n) is 12.2. The summed E-state index contributed by atoms with van der Waals surface area (Å²) in [4.78, 5) is 4.40. The fourth-order valence-corrected chi connectivity index (χ4v) is 2.43. The number of hydrogen-bond donors (Lipinski definition) is 0. The maximum atomic E-state index is 4.40. The Hall–Kier alpha value is -1.17. The minimum absolute atomic E-state index is 0. The summed E-state index contributed by atoms with van der Waals surface area (Å²) in [7, 11) is 0. The van der Waals surface area contributed by atoms with E-state index in [-0.39, 0.29) is 42.2 Å². The summed E-state index contributed by atoms with van der Waals surface area (Å²) in [5, 5.41) is 0. The van der Waals surface area contributed by atoms with Crippen LogP contribution in [0.15, 0.2) is 66.9 Å². The Morgan fingerprint density at radius 1 is 0.909 bits per heavy atom. The minimum Gasteiger partial charge on any atom is -1.00 e. The van der Waals surface area contributed by atoms with Gasteiger partial charge in [-0.2, -0.15) is 17.2 Å². The summed E-state index contributed by atoms with van der Waals surface area (Å²) >= 11 is 0. The van der Waals surface area contributed by atoms with E-state index in [0.29, 0.717) is 0 Å². The molecule has 0 atom stereocenters. The number of hydrogen-bond acceptors (Lipinski definition) is 1. The summed E-state index contributed by atoms with van der Waals surface area (Å²) in [5.41, 5.74) is 6.45. The Bertz CT molecular complexity index is 666. The number of rotatable bonds is 3. The van der Waals surface area contributed by atoms with Crippen LogP contribution in [0.3, 0.4) is 0 Å². The quantitative estimate of drug-likeness (QED) is 0.506. The molecule has 0 bridgehead atoms. The monoisotopic (exact) mass is 368 g/mol. The minimum atomic E-state index is 0. The Morgan fingerprint density at radius 3 is 2.23 bits per heavy atom. The zero-order valence-corrected chi connectivity index (χ0v) is 15.0. The summed E-state index contributed by atoms with van der Waals surface area (Å²) in [6.45, 7) is 2.20. The van der Waals surface area contributed by atoms with Crippen molar-refractivity contribution < 1.29 is 42.2 Å². The molecule has 0 N–H and O–H groups in total. The van der Waals surface area contributed by atoms with E-state index in [1.54, 1.807) is 0 Å². The number of aromatic nitrogens is 1. The molecule has 3 aromatic rings. The largest absolute Gasteiger partial charge is 3.00 e. The van der Waals surface area contributed by atoms with Gasteiger partial charge < -0.3 is 24.8 Å². The second kappa shape index (κ2) is 9.77. The van der Waals surface area contributed by atoms with E-state index in [0.717, 1.165) is 12.1 Å². The van der Waals surface area contributed by atoms with Gasteiger partial charge in [-0.3, -0.25) is 4.98 Å². The molecule has 0 unspecified atom stereocenters. The van der Waals surface area contributed by atoms with Crippen molar-refractivity contribution in [3.63, 3.8) is 0 Å². The van der Waals surface area contributed by atoms with E-state index >= 15 is 0 Å². The second-order valence-corrected chi connectivity index (χ2v) is 4.76. The van der Waals surface area contributed by atoms with Gasteiger partial charge in [-0.1, -0.05) is 48.9 Å². The maximum absolute atomic E-state index is 4.40. The van der Waals surface area contributed by atoms with Crippen LogP contribution in [0.25, 0.3) is 11.1 Å². The van der Waals surface area contributed by atoms with Gasteiger partial charge in [0.2, 0.25) is 0 Å². The van der Waals surface area contributed by atoms with Crippen molar-refractivity contribution >= 4 is 0 Å². The predicted octanol–water partition coefficient (Wildman–Crippen LogP) is -1.63. The van der Waals surface area contributed by atoms with Crippen molar-refractivity contribution in [3.8, 4) is 11.1 Å². The summed E-state index contributed by atoms with van der Waals surface area (Å²) in [5.74, 6) is 0. The molecule has 1 radical (unpaired) electrons. The van der Waals surface area contributed by atoms with Gasteiger partial charge in [-0.25, -0.2) is 6.07 Å². The van der Waals surface area contributed by atoms with Crippen LogP contribution in [0, 0.1) is 6.92 Å². The molecule has 2 aromatic carbocycles. The molecule has 3 rings (SSSR count). The molecule has 0 saturated carbocycles. The van der Waals surface area contributed by atoms with Gasteiger partial charge in [-0.05, 0) is 18.6 Å². The van der Waals surface area contributed by atoms with Crippen molar-refractivity contribution in [2.45, 2.75) is 13.3 Å². The number of nitrogens with zero attached hydrogens (tertiary/aromatic N) is 1. The van der Waals surface area contributed by atoms with Gasteiger partial charge >= 0.3 is 17.4 Å². The fourth-order valence-electron chi connectivity index (χ4n) is 2.43. The first kappa shape index (κ1) is 20.8. The Labute approximate surface area is 155 Å². The van der Waals surface area contributed by atoms with Crippen molar-refractivity contribution in [1.29, 1.82) is 0 Å². The van der Waals surface area contributed by atoms with E-state index in [9.17, 15) is 0 Å². The van der Waals surface area contributed by atoms with Crippen LogP contribution < -0.4 is 24.8 Å². The van der Waals surface area contributed by atoms with Crippen LogP contribution >= 0.6 is 0 Å². The van der Waals surface area contributed by atoms with Crippen molar-refractivity contribution in [2.24, 2.45) is 0 Å². The normalized spacial score (nSPS) is 9.14. The maximum Gasteiger partial charge on any atom is 3.00 e. The molecular formula is C18H16Cl2CrN.